The zero-order valence-electron chi connectivity index (χ0n) is 32.2. The molecule has 0 spiro atoms. The maximum atomic E-state index is 14.8. The van der Waals surface area contributed by atoms with Gasteiger partial charge in [-0.05, 0) is 57.4 Å². The Hall–Kier alpha value is -4.68. The van der Waals surface area contributed by atoms with Crippen LogP contribution in [0.2, 0.25) is 0 Å². The Morgan fingerprint density at radius 3 is 2.40 bits per heavy atom. The maximum absolute atomic E-state index is 14.8. The van der Waals surface area contributed by atoms with Gasteiger partial charge in [-0.15, -0.1) is 0 Å². The Labute approximate surface area is 327 Å². The first-order valence-corrected chi connectivity index (χ1v) is 20.3. The van der Waals surface area contributed by atoms with E-state index in [1.165, 1.54) is 13.3 Å². The number of sulfonamides is 1. The topological polar surface area (TPSA) is 182 Å². The number of fused-ring (bicyclic) bond motifs is 3. The molecule has 19 heteroatoms. The first kappa shape index (κ1) is 41.9. The van der Waals surface area contributed by atoms with E-state index in [0.717, 1.165) is 4.90 Å². The van der Waals surface area contributed by atoms with Gasteiger partial charge in [0.15, 0.2) is 0 Å². The van der Waals surface area contributed by atoms with Crippen molar-refractivity contribution in [2.75, 3.05) is 13.7 Å². The van der Waals surface area contributed by atoms with Crippen LogP contribution in [-0.2, 0) is 29.1 Å². The van der Waals surface area contributed by atoms with Gasteiger partial charge in [0, 0.05) is 36.0 Å². The molecule has 7 unspecified atom stereocenters. The summed E-state index contributed by atoms with van der Waals surface area (Å²) in [6.07, 6.45) is -1.82. The number of nitrogens with zero attached hydrogens (tertiary/aromatic N) is 2. The van der Waals surface area contributed by atoms with Crippen molar-refractivity contribution in [1.82, 2.24) is 25.2 Å². The SMILES string of the molecule is COc1cnc(OC2CC3C(=O)NC4(C(=O)NS(=O)(=O)C5(F)CC5)CC4C=CCCC(C)CC(C)C(NC(=O)OC(C)(C)C(F)(F)F)C(=O)N3C2)c2ccccc12. The Balaban J connectivity index is 1.36. The van der Waals surface area contributed by atoms with Gasteiger partial charge in [0.1, 0.15) is 29.5 Å². The highest BCUT2D eigenvalue weighted by molar-refractivity contribution is 7.91. The zero-order valence-corrected chi connectivity index (χ0v) is 33.0. The molecule has 2 aromatic rings. The smallest absolute Gasteiger partial charge is 0.427 e. The minimum absolute atomic E-state index is 0.0180. The van der Waals surface area contributed by atoms with E-state index in [-0.39, 0.29) is 44.0 Å². The quantitative estimate of drug-likeness (QED) is 0.247. The number of allylic oxidation sites excluding steroid dienone is 1. The monoisotopic (exact) mass is 825 g/mol. The summed E-state index contributed by atoms with van der Waals surface area (Å²) in [4.78, 5) is 61.4. The number of hydrogen-bond acceptors (Lipinski definition) is 10. The van der Waals surface area contributed by atoms with Crippen LogP contribution < -0.4 is 24.8 Å². The highest BCUT2D eigenvalue weighted by atomic mass is 32.2. The van der Waals surface area contributed by atoms with E-state index in [1.807, 2.05) is 11.6 Å². The first-order valence-electron chi connectivity index (χ1n) is 18.8. The van der Waals surface area contributed by atoms with Crippen molar-refractivity contribution in [2.45, 2.75) is 113 Å². The summed E-state index contributed by atoms with van der Waals surface area (Å²) < 4.78 is 99.8. The molecule has 3 N–H and O–H groups in total. The lowest BCUT2D eigenvalue weighted by atomic mass is 9.88. The van der Waals surface area contributed by atoms with Crippen molar-refractivity contribution in [3.8, 4) is 11.6 Å². The number of alkyl halides is 4. The molecule has 312 valence electrons. The standard InChI is InChI=1S/C38H47F4N5O9S/c1-21-10-6-7-11-23-18-37(23,33(50)46-57(52,53)36(39)14-15-36)45-30(48)27-17-24(55-31-26-13-9-8-12-25(26)28(54-5)19-43-31)20-47(27)32(49)29(22(2)16-21)44-34(51)56-35(3,4)38(40,41)42/h7-9,11-13,19,21-24,27,29H,6,10,14-18,20H2,1-5H3,(H,44,51)(H,45,48)(H,46,50). The minimum atomic E-state index is -4.93. The van der Waals surface area contributed by atoms with E-state index >= 15 is 0 Å². The third-order valence-corrected chi connectivity index (χ3v) is 13.1. The summed E-state index contributed by atoms with van der Waals surface area (Å²) in [5, 5.41) is 3.63. The van der Waals surface area contributed by atoms with Gasteiger partial charge in [-0.2, -0.15) is 13.2 Å². The summed E-state index contributed by atoms with van der Waals surface area (Å²) in [6.45, 7) is 4.64. The van der Waals surface area contributed by atoms with Crippen molar-refractivity contribution in [3.05, 3.63) is 42.6 Å². The van der Waals surface area contributed by atoms with Gasteiger partial charge in [-0.1, -0.05) is 44.2 Å². The fourth-order valence-corrected chi connectivity index (χ4v) is 8.74. The largest absolute Gasteiger partial charge is 0.494 e. The molecular formula is C38H47F4N5O9S. The van der Waals surface area contributed by atoms with E-state index in [4.69, 9.17) is 14.2 Å². The molecule has 6 rings (SSSR count). The number of ether oxygens (including phenoxy) is 3. The molecule has 7 atom stereocenters. The summed E-state index contributed by atoms with van der Waals surface area (Å²) in [5.41, 5.74) is -4.71. The Kier molecular flexibility index (Phi) is 11.2. The molecule has 2 aliphatic carbocycles. The molecule has 1 aromatic heterocycles. The van der Waals surface area contributed by atoms with E-state index in [9.17, 15) is 45.2 Å². The van der Waals surface area contributed by atoms with Gasteiger partial charge in [0.05, 0.1) is 19.9 Å². The summed E-state index contributed by atoms with van der Waals surface area (Å²) in [6, 6.07) is 4.20. The lowest BCUT2D eigenvalue weighted by molar-refractivity contribution is -0.244. The number of alkyl carbamates (subject to hydrolysis) is 1. The van der Waals surface area contributed by atoms with Crippen LogP contribution in [0.5, 0.6) is 11.6 Å². The third kappa shape index (κ3) is 8.48. The molecule has 14 nitrogen and oxygen atoms in total. The van der Waals surface area contributed by atoms with Crippen LogP contribution in [0.15, 0.2) is 42.6 Å². The van der Waals surface area contributed by atoms with Crippen molar-refractivity contribution < 1.29 is 59.4 Å². The van der Waals surface area contributed by atoms with E-state index in [2.05, 4.69) is 15.6 Å². The average Bonchev–Trinajstić information content (AvgIpc) is 4.01. The lowest BCUT2D eigenvalue weighted by Crippen LogP contribution is -2.59. The van der Waals surface area contributed by atoms with Crippen molar-refractivity contribution in [1.29, 1.82) is 0 Å². The predicted octanol–water partition coefficient (Wildman–Crippen LogP) is 4.82. The molecule has 4 aliphatic rings. The number of rotatable bonds is 8. The highest BCUT2D eigenvalue weighted by Crippen LogP contribution is 2.48. The number of carbonyl (C=O) groups excluding carboxylic acids is 4. The number of amides is 4. The number of pyridine rings is 1. The maximum Gasteiger partial charge on any atom is 0.427 e. The molecule has 0 bridgehead atoms. The lowest BCUT2D eigenvalue weighted by Gasteiger charge is -2.34. The predicted molar refractivity (Wildman–Crippen MR) is 197 cm³/mol. The summed E-state index contributed by atoms with van der Waals surface area (Å²) >= 11 is 0. The third-order valence-electron chi connectivity index (χ3n) is 11.3. The average molecular weight is 826 g/mol. The van der Waals surface area contributed by atoms with Crippen LogP contribution in [0.1, 0.15) is 72.6 Å². The Bertz CT molecular complexity index is 2060. The molecule has 57 heavy (non-hydrogen) atoms. The van der Waals surface area contributed by atoms with E-state index < -0.39 is 86.2 Å². The minimum Gasteiger partial charge on any atom is -0.494 e. The van der Waals surface area contributed by atoms with Gasteiger partial charge in [0.25, 0.3) is 15.9 Å². The molecule has 3 heterocycles. The Morgan fingerprint density at radius 2 is 1.75 bits per heavy atom. The second kappa shape index (κ2) is 15.2. The Morgan fingerprint density at radius 1 is 1.07 bits per heavy atom. The van der Waals surface area contributed by atoms with Gasteiger partial charge < -0.3 is 29.7 Å². The number of benzene rings is 1. The first-order chi connectivity index (χ1) is 26.6. The van der Waals surface area contributed by atoms with Gasteiger partial charge >= 0.3 is 12.3 Å². The molecule has 2 saturated carbocycles. The van der Waals surface area contributed by atoms with Crippen LogP contribution in [0.25, 0.3) is 10.8 Å². The number of hydrogen-bond donors (Lipinski definition) is 3. The number of carbonyl (C=O) groups is 4. The van der Waals surface area contributed by atoms with Gasteiger partial charge in [0.2, 0.25) is 28.3 Å². The van der Waals surface area contributed by atoms with Crippen molar-refractivity contribution in [2.24, 2.45) is 17.8 Å². The van der Waals surface area contributed by atoms with Crippen molar-refractivity contribution in [3.63, 3.8) is 0 Å². The van der Waals surface area contributed by atoms with Crippen LogP contribution in [0.4, 0.5) is 22.4 Å². The molecule has 3 fully saturated rings. The molecule has 4 amide bonds. The summed E-state index contributed by atoms with van der Waals surface area (Å²) in [5.74, 6) is -3.64. The number of nitrogens with one attached hydrogen (secondary N) is 3. The van der Waals surface area contributed by atoms with Gasteiger partial charge in [-0.25, -0.2) is 27.3 Å². The highest BCUT2D eigenvalue weighted by Gasteiger charge is 2.64. The molecule has 1 saturated heterocycles. The fourth-order valence-electron chi connectivity index (χ4n) is 7.49. The summed E-state index contributed by atoms with van der Waals surface area (Å²) in [7, 11) is -3.26. The second-order valence-corrected chi connectivity index (χ2v) is 18.0. The molecule has 2 aliphatic heterocycles. The van der Waals surface area contributed by atoms with Crippen LogP contribution >= 0.6 is 0 Å². The van der Waals surface area contributed by atoms with E-state index in [1.54, 1.807) is 43.3 Å². The zero-order chi connectivity index (χ0) is 41.7. The normalized spacial score (nSPS) is 29.2. The number of halogens is 4. The molecule has 0 radical (unpaired) electrons. The van der Waals surface area contributed by atoms with Gasteiger partial charge in [-0.3, -0.25) is 14.4 Å². The molecule has 1 aromatic carbocycles. The van der Waals surface area contributed by atoms with Crippen LogP contribution in [0.3, 0.4) is 0 Å². The van der Waals surface area contributed by atoms with E-state index in [0.29, 0.717) is 49.6 Å². The van der Waals surface area contributed by atoms with Crippen molar-refractivity contribution >= 4 is 44.6 Å². The van der Waals surface area contributed by atoms with Crippen LogP contribution in [-0.4, -0.2) is 96.3 Å². The number of aromatic nitrogens is 1. The number of methoxy groups -OCH3 is 1. The fraction of sp³-hybridized carbons (Fsp3) is 0.605. The second-order valence-electron chi connectivity index (χ2n) is 16.1. The van der Waals surface area contributed by atoms with Crippen LogP contribution in [0, 0.1) is 17.8 Å². The molecular weight excluding hydrogens is 779 g/mol.